The van der Waals surface area contributed by atoms with Crippen molar-refractivity contribution in [2.75, 3.05) is 13.1 Å². The van der Waals surface area contributed by atoms with Gasteiger partial charge >= 0.3 is 5.97 Å². The van der Waals surface area contributed by atoms with Crippen LogP contribution >= 0.6 is 11.6 Å². The predicted molar refractivity (Wildman–Crippen MR) is 83.0 cm³/mol. The summed E-state index contributed by atoms with van der Waals surface area (Å²) in [6, 6.07) is 5.32. The number of carbonyl (C=O) groups is 1. The Labute approximate surface area is 128 Å². The number of hydrogen-bond acceptors (Lipinski definition) is 3. The van der Waals surface area contributed by atoms with Crippen LogP contribution in [-0.2, 0) is 13.0 Å². The number of benzene rings is 1. The molecule has 0 saturated carbocycles. The molecule has 0 radical (unpaired) electrons. The van der Waals surface area contributed by atoms with Crippen molar-refractivity contribution in [3.8, 4) is 0 Å². The topological polar surface area (TPSA) is 53.4 Å². The Morgan fingerprint density at radius 3 is 3.00 bits per heavy atom. The van der Waals surface area contributed by atoms with Crippen LogP contribution in [0, 0.1) is 0 Å². The molecule has 0 atom stereocenters. The van der Waals surface area contributed by atoms with Crippen molar-refractivity contribution in [1.29, 1.82) is 0 Å². The second-order valence-corrected chi connectivity index (χ2v) is 5.79. The molecular weight excluding hydrogens is 288 g/mol. The van der Waals surface area contributed by atoms with Crippen molar-refractivity contribution in [1.82, 2.24) is 9.88 Å². The summed E-state index contributed by atoms with van der Waals surface area (Å²) in [5, 5.41) is 10.8. The van der Waals surface area contributed by atoms with Gasteiger partial charge in [-0.3, -0.25) is 9.88 Å². The van der Waals surface area contributed by atoms with Gasteiger partial charge < -0.3 is 5.11 Å². The zero-order chi connectivity index (χ0) is 15.0. The van der Waals surface area contributed by atoms with E-state index in [0.717, 1.165) is 37.2 Å². The Morgan fingerprint density at radius 2 is 2.29 bits per heavy atom. The second-order valence-electron chi connectivity index (χ2n) is 5.38. The number of rotatable bonds is 3. The zero-order valence-electron chi connectivity index (χ0n) is 11.9. The highest BCUT2D eigenvalue weighted by Crippen LogP contribution is 2.31. The van der Waals surface area contributed by atoms with E-state index in [-0.39, 0.29) is 0 Å². The molecular formula is C16H17ClN2O2. The van der Waals surface area contributed by atoms with Crippen molar-refractivity contribution in [3.05, 3.63) is 40.0 Å². The monoisotopic (exact) mass is 304 g/mol. The highest BCUT2D eigenvalue weighted by atomic mass is 35.5. The maximum atomic E-state index is 11.8. The van der Waals surface area contributed by atoms with E-state index in [2.05, 4.69) is 16.8 Å². The SMILES string of the molecule is CCCN1CCc2nc3c(Cl)cccc3c(C(=O)O)c2C1. The lowest BCUT2D eigenvalue weighted by molar-refractivity contribution is 0.0695. The maximum Gasteiger partial charge on any atom is 0.336 e. The molecule has 0 spiro atoms. The summed E-state index contributed by atoms with van der Waals surface area (Å²) in [4.78, 5) is 18.7. The van der Waals surface area contributed by atoms with Crippen molar-refractivity contribution < 1.29 is 9.90 Å². The molecule has 2 aromatic rings. The number of fused-ring (bicyclic) bond motifs is 2. The minimum absolute atomic E-state index is 0.360. The van der Waals surface area contributed by atoms with Gasteiger partial charge in [-0.05, 0) is 19.0 Å². The average Bonchev–Trinajstić information content (AvgIpc) is 2.45. The van der Waals surface area contributed by atoms with Gasteiger partial charge in [0.1, 0.15) is 0 Å². The molecule has 0 fully saturated rings. The van der Waals surface area contributed by atoms with E-state index in [9.17, 15) is 9.90 Å². The number of aromatic carboxylic acids is 1. The number of nitrogens with zero attached hydrogens (tertiary/aromatic N) is 2. The first-order valence-corrected chi connectivity index (χ1v) is 7.55. The molecule has 0 aliphatic carbocycles. The summed E-state index contributed by atoms with van der Waals surface area (Å²) in [5.41, 5.74) is 2.68. The van der Waals surface area contributed by atoms with Crippen LogP contribution in [0.1, 0.15) is 35.0 Å². The van der Waals surface area contributed by atoms with Gasteiger partial charge in [0.25, 0.3) is 0 Å². The molecule has 1 N–H and O–H groups in total. The third-order valence-corrected chi connectivity index (χ3v) is 4.26. The van der Waals surface area contributed by atoms with Crippen LogP contribution < -0.4 is 0 Å². The summed E-state index contributed by atoms with van der Waals surface area (Å²) >= 11 is 6.19. The largest absolute Gasteiger partial charge is 0.478 e. The molecule has 2 heterocycles. The summed E-state index contributed by atoms with van der Waals surface area (Å²) in [5.74, 6) is -0.903. The van der Waals surface area contributed by atoms with E-state index in [1.807, 2.05) is 0 Å². The Hall–Kier alpha value is -1.65. The van der Waals surface area contributed by atoms with Crippen LogP contribution in [0.15, 0.2) is 18.2 Å². The minimum atomic E-state index is -0.903. The Bertz CT molecular complexity index is 715. The Morgan fingerprint density at radius 1 is 1.48 bits per heavy atom. The zero-order valence-corrected chi connectivity index (χ0v) is 12.7. The summed E-state index contributed by atoms with van der Waals surface area (Å²) in [6.45, 7) is 4.68. The number of para-hydroxylation sites is 1. The first-order valence-electron chi connectivity index (χ1n) is 7.17. The smallest absolute Gasteiger partial charge is 0.336 e. The van der Waals surface area contributed by atoms with Crippen LogP contribution in [0.3, 0.4) is 0 Å². The molecule has 4 nitrogen and oxygen atoms in total. The fourth-order valence-electron chi connectivity index (χ4n) is 3.04. The van der Waals surface area contributed by atoms with Crippen molar-refractivity contribution in [2.45, 2.75) is 26.3 Å². The molecule has 0 amide bonds. The number of hydrogen-bond donors (Lipinski definition) is 1. The van der Waals surface area contributed by atoms with Gasteiger partial charge in [0.2, 0.25) is 0 Å². The van der Waals surface area contributed by atoms with Crippen LogP contribution in [0.25, 0.3) is 10.9 Å². The lowest BCUT2D eigenvalue weighted by atomic mass is 9.95. The molecule has 3 rings (SSSR count). The lowest BCUT2D eigenvalue weighted by Gasteiger charge is -2.29. The van der Waals surface area contributed by atoms with Gasteiger partial charge in [0.05, 0.1) is 16.1 Å². The molecule has 0 saturated heterocycles. The van der Waals surface area contributed by atoms with Crippen molar-refractivity contribution >= 4 is 28.5 Å². The second kappa shape index (κ2) is 5.62. The number of pyridine rings is 1. The van der Waals surface area contributed by atoms with Gasteiger partial charge in [-0.1, -0.05) is 30.7 Å². The molecule has 1 aromatic carbocycles. The predicted octanol–water partition coefficient (Wildman–Crippen LogP) is 3.35. The first-order chi connectivity index (χ1) is 10.1. The van der Waals surface area contributed by atoms with Crippen LogP contribution in [-0.4, -0.2) is 34.0 Å². The average molecular weight is 305 g/mol. The normalized spacial score (nSPS) is 15.1. The van der Waals surface area contributed by atoms with E-state index in [1.54, 1.807) is 18.2 Å². The fourth-order valence-corrected chi connectivity index (χ4v) is 3.25. The van der Waals surface area contributed by atoms with E-state index in [0.29, 0.717) is 28.0 Å². The van der Waals surface area contributed by atoms with Gasteiger partial charge in [-0.25, -0.2) is 4.79 Å². The van der Waals surface area contributed by atoms with Crippen LogP contribution in [0.4, 0.5) is 0 Å². The summed E-state index contributed by atoms with van der Waals surface area (Å²) < 4.78 is 0. The minimum Gasteiger partial charge on any atom is -0.478 e. The van der Waals surface area contributed by atoms with Crippen LogP contribution in [0.5, 0.6) is 0 Å². The lowest BCUT2D eigenvalue weighted by Crippen LogP contribution is -2.33. The molecule has 110 valence electrons. The number of halogens is 1. The number of aromatic nitrogens is 1. The van der Waals surface area contributed by atoms with E-state index >= 15 is 0 Å². The molecule has 1 aliphatic heterocycles. The Kier molecular flexibility index (Phi) is 3.83. The van der Waals surface area contributed by atoms with E-state index < -0.39 is 5.97 Å². The van der Waals surface area contributed by atoms with E-state index in [1.165, 1.54) is 0 Å². The van der Waals surface area contributed by atoms with Crippen molar-refractivity contribution in [2.24, 2.45) is 0 Å². The molecule has 1 aliphatic rings. The van der Waals surface area contributed by atoms with Gasteiger partial charge in [0.15, 0.2) is 0 Å². The van der Waals surface area contributed by atoms with Gasteiger partial charge in [-0.15, -0.1) is 0 Å². The summed E-state index contributed by atoms with van der Waals surface area (Å²) in [7, 11) is 0. The van der Waals surface area contributed by atoms with Gasteiger partial charge in [-0.2, -0.15) is 0 Å². The molecule has 5 heteroatoms. The molecule has 21 heavy (non-hydrogen) atoms. The first kappa shape index (κ1) is 14.3. The van der Waals surface area contributed by atoms with Crippen LogP contribution in [0.2, 0.25) is 5.02 Å². The quantitative estimate of drug-likeness (QED) is 0.945. The fraction of sp³-hybridized carbons (Fsp3) is 0.375. The molecule has 1 aromatic heterocycles. The summed E-state index contributed by atoms with van der Waals surface area (Å²) in [6.07, 6.45) is 1.83. The number of carboxylic acid groups (broad SMARTS) is 1. The van der Waals surface area contributed by atoms with Gasteiger partial charge in [0, 0.05) is 36.2 Å². The highest BCUT2D eigenvalue weighted by Gasteiger charge is 2.25. The molecule has 0 bridgehead atoms. The standard InChI is InChI=1S/C16H17ClN2O2/c1-2-7-19-8-6-13-11(9-19)14(16(20)21)10-4-3-5-12(17)15(10)18-13/h3-5H,2,6-9H2,1H3,(H,20,21). The van der Waals surface area contributed by atoms with Crippen molar-refractivity contribution in [3.63, 3.8) is 0 Å². The highest BCUT2D eigenvalue weighted by molar-refractivity contribution is 6.35. The third-order valence-electron chi connectivity index (χ3n) is 3.95. The third kappa shape index (κ3) is 2.49. The Balaban J connectivity index is 2.23. The molecule has 0 unspecified atom stereocenters. The van der Waals surface area contributed by atoms with E-state index in [4.69, 9.17) is 11.6 Å². The maximum absolute atomic E-state index is 11.8. The number of carboxylic acids is 1.